The maximum Gasteiger partial charge on any atom is 0.0335 e. The molecule has 0 spiro atoms. The Bertz CT molecular complexity index is 442. The van der Waals surface area contributed by atoms with Crippen LogP contribution in [0.5, 0.6) is 0 Å². The van der Waals surface area contributed by atoms with Crippen molar-refractivity contribution in [3.63, 3.8) is 0 Å². The molecule has 17 heavy (non-hydrogen) atoms. The van der Waals surface area contributed by atoms with E-state index in [4.69, 9.17) is 5.73 Å². The summed E-state index contributed by atoms with van der Waals surface area (Å²) in [7, 11) is 0. The molecule has 90 valence electrons. The molecule has 2 aromatic rings. The minimum atomic E-state index is 0. The molecule has 2 aromatic carbocycles. The van der Waals surface area contributed by atoms with Crippen LogP contribution in [0.4, 0.5) is 0 Å². The van der Waals surface area contributed by atoms with Crippen LogP contribution in [0, 0.1) is 0 Å². The van der Waals surface area contributed by atoms with Gasteiger partial charge in [-0.2, -0.15) is 0 Å². The summed E-state index contributed by atoms with van der Waals surface area (Å²) in [6, 6.07) is 18.6. The van der Waals surface area contributed by atoms with Gasteiger partial charge in [0.25, 0.3) is 0 Å². The van der Waals surface area contributed by atoms with Crippen LogP contribution in [0.2, 0.25) is 0 Å². The van der Waals surface area contributed by atoms with E-state index in [1.54, 1.807) is 0 Å². The van der Waals surface area contributed by atoms with E-state index in [-0.39, 0.29) is 18.4 Å². The molecule has 0 saturated heterocycles. The van der Waals surface area contributed by atoms with E-state index >= 15 is 0 Å². The van der Waals surface area contributed by atoms with Gasteiger partial charge in [0.1, 0.15) is 0 Å². The average Bonchev–Trinajstić information content (AvgIpc) is 2.31. The van der Waals surface area contributed by atoms with E-state index < -0.39 is 0 Å². The smallest absolute Gasteiger partial charge is 0.0335 e. The number of benzene rings is 2. The number of hydrogen-bond acceptors (Lipinski definition) is 1. The number of hydrogen-bond donors (Lipinski definition) is 1. The predicted molar refractivity (Wildman–Crippen MR) is 78.5 cm³/mol. The Hall–Kier alpha value is -0.830. The first kappa shape index (κ1) is 14.2. The van der Waals surface area contributed by atoms with Crippen molar-refractivity contribution >= 4 is 28.3 Å². The van der Waals surface area contributed by atoms with E-state index in [0.29, 0.717) is 0 Å². The van der Waals surface area contributed by atoms with Gasteiger partial charge in [-0.3, -0.25) is 0 Å². The van der Waals surface area contributed by atoms with Crippen molar-refractivity contribution in [3.8, 4) is 0 Å². The molecule has 0 saturated carbocycles. The highest BCUT2D eigenvalue weighted by molar-refractivity contribution is 9.10. The Morgan fingerprint density at radius 1 is 0.941 bits per heavy atom. The molecule has 0 aliphatic heterocycles. The van der Waals surface area contributed by atoms with E-state index in [1.807, 2.05) is 30.3 Å². The second-order valence-electron chi connectivity index (χ2n) is 3.85. The molecule has 0 fully saturated rings. The molecule has 0 aliphatic rings. The fourth-order valence-corrected chi connectivity index (χ4v) is 1.96. The summed E-state index contributed by atoms with van der Waals surface area (Å²) in [5, 5.41) is 0. The summed E-state index contributed by atoms with van der Waals surface area (Å²) in [4.78, 5) is 0. The highest BCUT2D eigenvalue weighted by Gasteiger charge is 2.06. The second kappa shape index (κ2) is 6.80. The predicted octanol–water partition coefficient (Wildman–Crippen LogP) is 4.11. The fourth-order valence-electron chi connectivity index (χ4n) is 1.70. The lowest BCUT2D eigenvalue weighted by molar-refractivity contribution is 0.722. The maximum atomic E-state index is 6.16. The van der Waals surface area contributed by atoms with Gasteiger partial charge in [-0.05, 0) is 29.7 Å². The minimum Gasteiger partial charge on any atom is -0.324 e. The van der Waals surface area contributed by atoms with Crippen LogP contribution in [0.15, 0.2) is 59.1 Å². The third-order valence-electron chi connectivity index (χ3n) is 2.60. The Morgan fingerprint density at radius 2 is 1.53 bits per heavy atom. The lowest BCUT2D eigenvalue weighted by Crippen LogP contribution is -2.13. The van der Waals surface area contributed by atoms with Crippen LogP contribution in [-0.2, 0) is 6.42 Å². The van der Waals surface area contributed by atoms with Crippen molar-refractivity contribution < 1.29 is 0 Å². The summed E-state index contributed by atoms with van der Waals surface area (Å²) >= 11 is 3.42. The van der Waals surface area contributed by atoms with Crippen LogP contribution in [0.3, 0.4) is 0 Å². The molecule has 0 amide bonds. The molecular weight excluding hydrogens is 298 g/mol. The average molecular weight is 313 g/mol. The first-order valence-electron chi connectivity index (χ1n) is 5.30. The molecule has 0 unspecified atom stereocenters. The lowest BCUT2D eigenvalue weighted by Gasteiger charge is -2.12. The number of nitrogens with two attached hydrogens (primary N) is 1. The molecule has 1 atom stereocenters. The van der Waals surface area contributed by atoms with Crippen LogP contribution >= 0.6 is 28.3 Å². The second-order valence-corrected chi connectivity index (χ2v) is 4.76. The third kappa shape index (κ3) is 4.15. The van der Waals surface area contributed by atoms with Gasteiger partial charge in [-0.1, -0.05) is 58.4 Å². The van der Waals surface area contributed by atoms with Gasteiger partial charge in [-0.15, -0.1) is 12.4 Å². The van der Waals surface area contributed by atoms with E-state index in [0.717, 1.165) is 10.9 Å². The van der Waals surface area contributed by atoms with Gasteiger partial charge in [-0.25, -0.2) is 0 Å². The monoisotopic (exact) mass is 311 g/mol. The van der Waals surface area contributed by atoms with Gasteiger partial charge in [0.15, 0.2) is 0 Å². The fraction of sp³-hybridized carbons (Fsp3) is 0.143. The molecular formula is C14H15BrClN. The van der Waals surface area contributed by atoms with Gasteiger partial charge in [0.05, 0.1) is 0 Å². The Labute approximate surface area is 117 Å². The van der Waals surface area contributed by atoms with Crippen LogP contribution in [0.1, 0.15) is 17.2 Å². The standard InChI is InChI=1S/C14H14BrN.ClH/c15-13-8-6-12(7-9-13)14(16)10-11-4-2-1-3-5-11;/h1-9,14H,10,16H2;1H/t14-;/m1./s1. The zero-order valence-corrected chi connectivity index (χ0v) is 11.7. The van der Waals surface area contributed by atoms with E-state index in [9.17, 15) is 0 Å². The molecule has 2 rings (SSSR count). The molecule has 0 heterocycles. The Morgan fingerprint density at radius 3 is 2.12 bits per heavy atom. The summed E-state index contributed by atoms with van der Waals surface area (Å²) in [6.45, 7) is 0. The van der Waals surface area contributed by atoms with Gasteiger partial charge in [0, 0.05) is 10.5 Å². The van der Waals surface area contributed by atoms with E-state index in [2.05, 4.69) is 40.2 Å². The topological polar surface area (TPSA) is 26.0 Å². The van der Waals surface area contributed by atoms with Gasteiger partial charge in [0.2, 0.25) is 0 Å². The summed E-state index contributed by atoms with van der Waals surface area (Å²) in [6.07, 6.45) is 0.877. The SMILES string of the molecule is Cl.N[C@H](Cc1ccccc1)c1ccc(Br)cc1. The van der Waals surface area contributed by atoms with Crippen molar-refractivity contribution in [2.24, 2.45) is 5.73 Å². The maximum absolute atomic E-state index is 6.16. The van der Waals surface area contributed by atoms with E-state index in [1.165, 1.54) is 11.1 Å². The Kier molecular flexibility index (Phi) is 5.69. The Balaban J connectivity index is 0.00000144. The zero-order valence-electron chi connectivity index (χ0n) is 9.34. The minimum absolute atomic E-state index is 0. The van der Waals surface area contributed by atoms with Crippen molar-refractivity contribution in [3.05, 3.63) is 70.2 Å². The highest BCUT2D eigenvalue weighted by Crippen LogP contribution is 2.18. The molecule has 0 aromatic heterocycles. The van der Waals surface area contributed by atoms with Gasteiger partial charge >= 0.3 is 0 Å². The molecule has 2 N–H and O–H groups in total. The van der Waals surface area contributed by atoms with Crippen molar-refractivity contribution in [2.45, 2.75) is 12.5 Å². The number of halogens is 2. The summed E-state index contributed by atoms with van der Waals surface area (Å²) in [5.74, 6) is 0. The normalized spacial score (nSPS) is 11.6. The van der Waals surface area contributed by atoms with Gasteiger partial charge < -0.3 is 5.73 Å². The zero-order chi connectivity index (χ0) is 11.4. The molecule has 0 bridgehead atoms. The third-order valence-corrected chi connectivity index (χ3v) is 3.13. The summed E-state index contributed by atoms with van der Waals surface area (Å²) in [5.41, 5.74) is 8.61. The summed E-state index contributed by atoms with van der Waals surface area (Å²) < 4.78 is 1.09. The molecule has 3 heteroatoms. The molecule has 1 nitrogen and oxygen atoms in total. The van der Waals surface area contributed by atoms with Crippen molar-refractivity contribution in [1.82, 2.24) is 0 Å². The van der Waals surface area contributed by atoms with Crippen molar-refractivity contribution in [1.29, 1.82) is 0 Å². The van der Waals surface area contributed by atoms with Crippen LogP contribution in [0.25, 0.3) is 0 Å². The quantitative estimate of drug-likeness (QED) is 0.906. The lowest BCUT2D eigenvalue weighted by atomic mass is 10.00. The number of rotatable bonds is 3. The molecule has 0 aliphatic carbocycles. The van der Waals surface area contributed by atoms with Crippen molar-refractivity contribution in [2.75, 3.05) is 0 Å². The largest absolute Gasteiger partial charge is 0.324 e. The van der Waals surface area contributed by atoms with Crippen LogP contribution in [-0.4, -0.2) is 0 Å². The first-order chi connectivity index (χ1) is 7.75. The van der Waals surface area contributed by atoms with Crippen LogP contribution < -0.4 is 5.73 Å². The molecule has 0 radical (unpaired) electrons. The highest BCUT2D eigenvalue weighted by atomic mass is 79.9. The first-order valence-corrected chi connectivity index (χ1v) is 6.10.